The summed E-state index contributed by atoms with van der Waals surface area (Å²) < 4.78 is 0. The third-order valence-corrected chi connectivity index (χ3v) is 3.54. The summed E-state index contributed by atoms with van der Waals surface area (Å²) in [6, 6.07) is 9.67. The summed E-state index contributed by atoms with van der Waals surface area (Å²) in [5, 5.41) is 11.1. The summed E-state index contributed by atoms with van der Waals surface area (Å²) in [5.74, 6) is 0.558. The zero-order chi connectivity index (χ0) is 13.7. The van der Waals surface area contributed by atoms with Gasteiger partial charge in [-0.05, 0) is 43.0 Å². The van der Waals surface area contributed by atoms with Crippen LogP contribution in [0.5, 0.6) is 0 Å². The fraction of sp³-hybridized carbons (Fsp3) is 0.467. The predicted molar refractivity (Wildman–Crippen MR) is 75.9 cm³/mol. The van der Waals surface area contributed by atoms with Crippen LogP contribution in [0.1, 0.15) is 26.2 Å². The molecule has 1 amide bonds. The molecule has 2 rings (SSSR count). The number of piperidine rings is 1. The third-order valence-electron chi connectivity index (χ3n) is 3.54. The third kappa shape index (κ3) is 3.72. The number of hydrogen-bond donors (Lipinski definition) is 1. The van der Waals surface area contributed by atoms with Crippen LogP contribution in [0.15, 0.2) is 24.3 Å². The van der Waals surface area contributed by atoms with Crippen molar-refractivity contribution < 1.29 is 4.79 Å². The quantitative estimate of drug-likeness (QED) is 0.905. The van der Waals surface area contributed by atoms with Crippen LogP contribution >= 0.6 is 0 Å². The van der Waals surface area contributed by atoms with E-state index in [1.807, 2.05) is 30.3 Å². The van der Waals surface area contributed by atoms with Crippen LogP contribution in [0.25, 0.3) is 0 Å². The van der Waals surface area contributed by atoms with Crippen molar-refractivity contribution in [3.8, 4) is 6.07 Å². The normalized spacial score (nSPS) is 15.9. The summed E-state index contributed by atoms with van der Waals surface area (Å²) in [4.78, 5) is 13.7. The molecule has 1 aromatic rings. The van der Waals surface area contributed by atoms with Crippen molar-refractivity contribution in [1.82, 2.24) is 0 Å². The van der Waals surface area contributed by atoms with Crippen molar-refractivity contribution in [2.75, 3.05) is 23.3 Å². The summed E-state index contributed by atoms with van der Waals surface area (Å²) in [5.41, 5.74) is 1.94. The highest BCUT2D eigenvalue weighted by Gasteiger charge is 2.15. The van der Waals surface area contributed by atoms with Crippen molar-refractivity contribution in [3.63, 3.8) is 0 Å². The van der Waals surface area contributed by atoms with E-state index < -0.39 is 0 Å². The number of carbonyl (C=O) groups is 1. The second-order valence-electron chi connectivity index (χ2n) is 5.10. The average Bonchev–Trinajstić information content (AvgIpc) is 2.41. The largest absolute Gasteiger partial charge is 0.372 e. The van der Waals surface area contributed by atoms with Crippen molar-refractivity contribution >= 4 is 17.3 Å². The SMILES string of the molecule is CC1CCN(c2ccc(NC(=O)CC#N)cc2)CC1. The van der Waals surface area contributed by atoms with Crippen LogP contribution in [0.4, 0.5) is 11.4 Å². The van der Waals surface area contributed by atoms with Crippen molar-refractivity contribution in [1.29, 1.82) is 5.26 Å². The van der Waals surface area contributed by atoms with Gasteiger partial charge in [0.05, 0.1) is 6.07 Å². The summed E-state index contributed by atoms with van der Waals surface area (Å²) in [6.45, 7) is 4.49. The van der Waals surface area contributed by atoms with Gasteiger partial charge in [0, 0.05) is 24.5 Å². The molecule has 0 aliphatic carbocycles. The van der Waals surface area contributed by atoms with Crippen LogP contribution in [-0.2, 0) is 4.79 Å². The molecule has 100 valence electrons. The van der Waals surface area contributed by atoms with Gasteiger partial charge in [-0.15, -0.1) is 0 Å². The maximum Gasteiger partial charge on any atom is 0.238 e. The molecule has 4 heteroatoms. The maximum atomic E-state index is 11.3. The first-order valence-corrected chi connectivity index (χ1v) is 6.71. The van der Waals surface area contributed by atoms with Crippen LogP contribution in [0.2, 0.25) is 0 Å². The first-order valence-electron chi connectivity index (χ1n) is 6.71. The highest BCUT2D eigenvalue weighted by molar-refractivity contribution is 5.92. The Balaban J connectivity index is 1.95. The van der Waals surface area contributed by atoms with E-state index in [0.717, 1.165) is 24.7 Å². The van der Waals surface area contributed by atoms with Gasteiger partial charge in [0.2, 0.25) is 5.91 Å². The van der Waals surface area contributed by atoms with E-state index in [1.165, 1.54) is 18.5 Å². The summed E-state index contributed by atoms with van der Waals surface area (Å²) in [6.07, 6.45) is 2.37. The molecule has 1 aliphatic heterocycles. The number of hydrogen-bond acceptors (Lipinski definition) is 3. The Kier molecular flexibility index (Phi) is 4.40. The average molecular weight is 257 g/mol. The van der Waals surface area contributed by atoms with E-state index >= 15 is 0 Å². The number of nitriles is 1. The van der Waals surface area contributed by atoms with Gasteiger partial charge < -0.3 is 10.2 Å². The van der Waals surface area contributed by atoms with Crippen molar-refractivity contribution in [3.05, 3.63) is 24.3 Å². The number of benzene rings is 1. The molecular formula is C15H19N3O. The summed E-state index contributed by atoms with van der Waals surface area (Å²) in [7, 11) is 0. The lowest BCUT2D eigenvalue weighted by Crippen LogP contribution is -2.32. The van der Waals surface area contributed by atoms with Crippen LogP contribution in [0, 0.1) is 17.2 Å². The lowest BCUT2D eigenvalue weighted by atomic mass is 9.99. The topological polar surface area (TPSA) is 56.1 Å². The van der Waals surface area contributed by atoms with Crippen LogP contribution in [-0.4, -0.2) is 19.0 Å². The van der Waals surface area contributed by atoms with Gasteiger partial charge >= 0.3 is 0 Å². The van der Waals surface area contributed by atoms with E-state index in [9.17, 15) is 4.79 Å². The van der Waals surface area contributed by atoms with Crippen LogP contribution < -0.4 is 10.2 Å². The van der Waals surface area contributed by atoms with Gasteiger partial charge in [0.25, 0.3) is 0 Å². The minimum Gasteiger partial charge on any atom is -0.372 e. The first-order chi connectivity index (χ1) is 9.19. The fourth-order valence-corrected chi connectivity index (χ4v) is 2.30. The summed E-state index contributed by atoms with van der Waals surface area (Å²) >= 11 is 0. The molecule has 19 heavy (non-hydrogen) atoms. The Bertz CT molecular complexity index is 467. The second-order valence-corrected chi connectivity index (χ2v) is 5.10. The number of nitrogens with one attached hydrogen (secondary N) is 1. The van der Waals surface area contributed by atoms with Gasteiger partial charge in [-0.25, -0.2) is 0 Å². The number of rotatable bonds is 3. The van der Waals surface area contributed by atoms with E-state index in [-0.39, 0.29) is 12.3 Å². The lowest BCUT2D eigenvalue weighted by Gasteiger charge is -2.32. The minimum atomic E-state index is -0.262. The number of amides is 1. The zero-order valence-corrected chi connectivity index (χ0v) is 11.2. The van der Waals surface area contributed by atoms with Crippen molar-refractivity contribution in [2.24, 2.45) is 5.92 Å². The molecule has 1 aromatic carbocycles. The molecule has 1 heterocycles. The van der Waals surface area contributed by atoms with E-state index in [4.69, 9.17) is 5.26 Å². The van der Waals surface area contributed by atoms with Crippen molar-refractivity contribution in [2.45, 2.75) is 26.2 Å². The highest BCUT2D eigenvalue weighted by atomic mass is 16.1. The molecule has 0 bridgehead atoms. The first kappa shape index (κ1) is 13.4. The molecule has 0 unspecified atom stereocenters. The van der Waals surface area contributed by atoms with Gasteiger partial charge in [0.15, 0.2) is 0 Å². The highest BCUT2D eigenvalue weighted by Crippen LogP contribution is 2.24. The Morgan fingerprint density at radius 1 is 1.37 bits per heavy atom. The minimum absolute atomic E-state index is 0.105. The molecule has 0 radical (unpaired) electrons. The Morgan fingerprint density at radius 3 is 2.58 bits per heavy atom. The molecule has 1 aliphatic rings. The van der Waals surface area contributed by atoms with Gasteiger partial charge in [-0.1, -0.05) is 6.92 Å². The van der Waals surface area contributed by atoms with E-state index in [0.29, 0.717) is 0 Å². The Morgan fingerprint density at radius 2 is 2.00 bits per heavy atom. The second kappa shape index (κ2) is 6.24. The fourth-order valence-electron chi connectivity index (χ4n) is 2.30. The van der Waals surface area contributed by atoms with Gasteiger partial charge in [-0.2, -0.15) is 5.26 Å². The standard InChI is InChI=1S/C15H19N3O/c1-12-7-10-18(11-8-12)14-4-2-13(3-5-14)17-15(19)6-9-16/h2-5,12H,6-8,10-11H2,1H3,(H,17,19). The molecule has 1 N–H and O–H groups in total. The zero-order valence-electron chi connectivity index (χ0n) is 11.2. The maximum absolute atomic E-state index is 11.3. The van der Waals surface area contributed by atoms with Crippen LogP contribution in [0.3, 0.4) is 0 Å². The molecule has 4 nitrogen and oxygen atoms in total. The Labute approximate surface area is 114 Å². The number of carbonyl (C=O) groups excluding carboxylic acids is 1. The molecule has 0 atom stereocenters. The monoisotopic (exact) mass is 257 g/mol. The van der Waals surface area contributed by atoms with E-state index in [2.05, 4.69) is 17.1 Å². The number of anilines is 2. The molecule has 0 saturated carbocycles. The smallest absolute Gasteiger partial charge is 0.238 e. The molecule has 0 spiro atoms. The van der Waals surface area contributed by atoms with Gasteiger partial charge in [-0.3, -0.25) is 4.79 Å². The number of nitrogens with zero attached hydrogens (tertiary/aromatic N) is 2. The molecular weight excluding hydrogens is 238 g/mol. The molecule has 0 aromatic heterocycles. The van der Waals surface area contributed by atoms with Gasteiger partial charge in [0.1, 0.15) is 6.42 Å². The Hall–Kier alpha value is -2.02. The van der Waals surface area contributed by atoms with E-state index in [1.54, 1.807) is 0 Å². The lowest BCUT2D eigenvalue weighted by molar-refractivity contribution is -0.115. The molecule has 1 fully saturated rings. The molecule has 1 saturated heterocycles. The predicted octanol–water partition coefficient (Wildman–Crippen LogP) is 2.78.